The molecule has 0 amide bonds. The molecule has 74 valence electrons. The van der Waals surface area contributed by atoms with Crippen LogP contribution in [-0.2, 0) is 11.1 Å². The van der Waals surface area contributed by atoms with Crippen molar-refractivity contribution >= 4 is 33.6 Å². The first-order valence-electron chi connectivity index (χ1n) is 3.65. The standard InChI is InChI=1S/C8H5ClFNO2S/c9-5-2-1-4-6(14(12)13)3-11-8(4)7(5)10/h1-3,11H,(H,12,13)/p-1. The molecule has 1 aromatic heterocycles. The lowest BCUT2D eigenvalue weighted by molar-refractivity contribution is 0.538. The molecule has 0 radical (unpaired) electrons. The highest BCUT2D eigenvalue weighted by molar-refractivity contribution is 7.79. The molecule has 14 heavy (non-hydrogen) atoms. The van der Waals surface area contributed by atoms with Gasteiger partial charge in [-0.25, -0.2) is 4.39 Å². The maximum absolute atomic E-state index is 13.3. The average molecular weight is 233 g/mol. The van der Waals surface area contributed by atoms with E-state index in [9.17, 15) is 13.2 Å². The lowest BCUT2D eigenvalue weighted by atomic mass is 10.2. The van der Waals surface area contributed by atoms with Crippen molar-refractivity contribution in [3.63, 3.8) is 0 Å². The first-order valence-corrected chi connectivity index (χ1v) is 5.11. The van der Waals surface area contributed by atoms with E-state index < -0.39 is 16.9 Å². The van der Waals surface area contributed by atoms with E-state index in [0.717, 1.165) is 0 Å². The van der Waals surface area contributed by atoms with Gasteiger partial charge in [0.25, 0.3) is 0 Å². The highest BCUT2D eigenvalue weighted by Gasteiger charge is 2.10. The molecule has 0 saturated heterocycles. The van der Waals surface area contributed by atoms with Crippen LogP contribution in [0.5, 0.6) is 0 Å². The lowest BCUT2D eigenvalue weighted by Gasteiger charge is -2.02. The summed E-state index contributed by atoms with van der Waals surface area (Å²) in [6.07, 6.45) is 1.23. The van der Waals surface area contributed by atoms with Gasteiger partial charge in [0.15, 0.2) is 5.82 Å². The van der Waals surface area contributed by atoms with Crippen molar-refractivity contribution in [1.29, 1.82) is 0 Å². The molecule has 3 nitrogen and oxygen atoms in total. The molecule has 0 fully saturated rings. The Labute approximate surface area is 86.2 Å². The molecule has 0 saturated carbocycles. The predicted molar refractivity (Wildman–Crippen MR) is 50.5 cm³/mol. The molecular formula is C8H4ClFNO2S-. The molecule has 1 unspecified atom stereocenters. The van der Waals surface area contributed by atoms with Gasteiger partial charge in [-0.1, -0.05) is 11.6 Å². The van der Waals surface area contributed by atoms with Crippen LogP contribution in [0, 0.1) is 5.82 Å². The third-order valence-corrected chi connectivity index (χ3v) is 2.88. The highest BCUT2D eigenvalue weighted by atomic mass is 35.5. The normalized spacial score (nSPS) is 13.4. The van der Waals surface area contributed by atoms with Gasteiger partial charge in [-0.15, -0.1) is 0 Å². The molecular weight excluding hydrogens is 229 g/mol. The summed E-state index contributed by atoms with van der Waals surface area (Å²) in [6.45, 7) is 0. The van der Waals surface area contributed by atoms with Gasteiger partial charge in [0.05, 0.1) is 15.4 Å². The van der Waals surface area contributed by atoms with Crippen LogP contribution in [0.2, 0.25) is 5.02 Å². The number of fused-ring (bicyclic) bond motifs is 1. The summed E-state index contributed by atoms with van der Waals surface area (Å²) >= 11 is 3.15. The first kappa shape index (κ1) is 9.64. The van der Waals surface area contributed by atoms with Crippen LogP contribution in [0.4, 0.5) is 4.39 Å². The molecule has 0 aliphatic rings. The van der Waals surface area contributed by atoms with E-state index in [0.29, 0.717) is 5.39 Å². The van der Waals surface area contributed by atoms with E-state index >= 15 is 0 Å². The minimum absolute atomic E-state index is 0.0376. The lowest BCUT2D eigenvalue weighted by Crippen LogP contribution is -1.86. The minimum Gasteiger partial charge on any atom is -0.768 e. The fraction of sp³-hybridized carbons (Fsp3) is 0. The summed E-state index contributed by atoms with van der Waals surface area (Å²) in [5, 5.41) is 0.266. The Hall–Kier alpha value is -0.910. The van der Waals surface area contributed by atoms with Crippen LogP contribution >= 0.6 is 11.6 Å². The SMILES string of the molecule is O=S([O-])c1c[nH]c2c(F)c(Cl)ccc12. The summed E-state index contributed by atoms with van der Waals surface area (Å²) in [6, 6.07) is 2.78. The van der Waals surface area contributed by atoms with Crippen molar-refractivity contribution in [1.82, 2.24) is 4.98 Å². The molecule has 1 atom stereocenters. The van der Waals surface area contributed by atoms with E-state index in [2.05, 4.69) is 4.98 Å². The second kappa shape index (κ2) is 3.34. The van der Waals surface area contributed by atoms with E-state index in [1.54, 1.807) is 0 Å². The summed E-state index contributed by atoms with van der Waals surface area (Å²) in [5.74, 6) is -0.638. The summed E-state index contributed by atoms with van der Waals surface area (Å²) in [5.41, 5.74) is 0.108. The quantitative estimate of drug-likeness (QED) is 0.767. The monoisotopic (exact) mass is 232 g/mol. The predicted octanol–water partition coefficient (Wildman–Crippen LogP) is 2.20. The third kappa shape index (κ3) is 1.33. The van der Waals surface area contributed by atoms with Crippen LogP contribution in [0.25, 0.3) is 10.9 Å². The fourth-order valence-electron chi connectivity index (χ4n) is 1.25. The number of nitrogens with one attached hydrogen (secondary N) is 1. The highest BCUT2D eigenvalue weighted by Crippen LogP contribution is 2.27. The molecule has 0 aliphatic heterocycles. The maximum atomic E-state index is 13.3. The number of hydrogen-bond acceptors (Lipinski definition) is 2. The van der Waals surface area contributed by atoms with Crippen molar-refractivity contribution in [3.05, 3.63) is 29.2 Å². The number of rotatable bonds is 1. The molecule has 0 spiro atoms. The summed E-state index contributed by atoms with van der Waals surface area (Å²) in [7, 11) is 0. The second-order valence-corrected chi connectivity index (χ2v) is 3.99. The third-order valence-electron chi connectivity index (χ3n) is 1.89. The number of aromatic amines is 1. The van der Waals surface area contributed by atoms with Gasteiger partial charge in [-0.05, 0) is 23.2 Å². The Morgan fingerprint density at radius 1 is 1.50 bits per heavy atom. The van der Waals surface area contributed by atoms with Gasteiger partial charge in [-0.2, -0.15) is 0 Å². The molecule has 6 heteroatoms. The molecule has 1 heterocycles. The number of aromatic nitrogens is 1. The molecule has 1 aromatic carbocycles. The maximum Gasteiger partial charge on any atom is 0.165 e. The molecule has 2 aromatic rings. The molecule has 0 aliphatic carbocycles. The van der Waals surface area contributed by atoms with Crippen molar-refractivity contribution < 1.29 is 13.2 Å². The Balaban J connectivity index is 2.83. The van der Waals surface area contributed by atoms with E-state index in [-0.39, 0.29) is 15.4 Å². The number of benzene rings is 1. The minimum atomic E-state index is -2.38. The van der Waals surface area contributed by atoms with Gasteiger partial charge in [0.1, 0.15) is 0 Å². The Kier molecular flexibility index (Phi) is 2.30. The second-order valence-electron chi connectivity index (χ2n) is 2.67. The van der Waals surface area contributed by atoms with Gasteiger partial charge in [0.2, 0.25) is 0 Å². The molecule has 1 N–H and O–H groups in total. The summed E-state index contributed by atoms with van der Waals surface area (Å²) in [4.78, 5) is 2.56. The average Bonchev–Trinajstić information content (AvgIpc) is 2.55. The van der Waals surface area contributed by atoms with Gasteiger partial charge < -0.3 is 9.54 Å². The van der Waals surface area contributed by atoms with Crippen molar-refractivity contribution in [2.75, 3.05) is 0 Å². The van der Waals surface area contributed by atoms with Crippen LogP contribution < -0.4 is 0 Å². The Morgan fingerprint density at radius 3 is 2.86 bits per heavy atom. The van der Waals surface area contributed by atoms with Crippen LogP contribution in [0.15, 0.2) is 23.2 Å². The first-order chi connectivity index (χ1) is 6.61. The van der Waals surface area contributed by atoms with E-state index in [1.165, 1.54) is 18.3 Å². The number of H-pyrrole nitrogens is 1. The summed E-state index contributed by atoms with van der Waals surface area (Å²) < 4.78 is 34.7. The van der Waals surface area contributed by atoms with Gasteiger partial charge in [-0.3, -0.25) is 4.21 Å². The van der Waals surface area contributed by atoms with Gasteiger partial charge in [0, 0.05) is 11.6 Å². The fourth-order valence-corrected chi connectivity index (χ4v) is 1.91. The van der Waals surface area contributed by atoms with Crippen molar-refractivity contribution in [2.45, 2.75) is 4.90 Å². The van der Waals surface area contributed by atoms with Gasteiger partial charge >= 0.3 is 0 Å². The van der Waals surface area contributed by atoms with Crippen molar-refractivity contribution in [2.24, 2.45) is 0 Å². The largest absolute Gasteiger partial charge is 0.768 e. The number of hydrogen-bond donors (Lipinski definition) is 1. The van der Waals surface area contributed by atoms with Crippen LogP contribution in [0.3, 0.4) is 0 Å². The van der Waals surface area contributed by atoms with Crippen molar-refractivity contribution in [3.8, 4) is 0 Å². The van der Waals surface area contributed by atoms with Crippen LogP contribution in [-0.4, -0.2) is 13.7 Å². The van der Waals surface area contributed by atoms with Crippen LogP contribution in [0.1, 0.15) is 0 Å². The topological polar surface area (TPSA) is 55.9 Å². The van der Waals surface area contributed by atoms with E-state index in [1.807, 2.05) is 0 Å². The zero-order chi connectivity index (χ0) is 10.3. The number of halogens is 2. The Bertz CT molecular complexity index is 525. The van der Waals surface area contributed by atoms with E-state index in [4.69, 9.17) is 11.6 Å². The Morgan fingerprint density at radius 2 is 2.21 bits per heavy atom. The zero-order valence-electron chi connectivity index (χ0n) is 6.71. The molecule has 0 bridgehead atoms. The molecule has 2 rings (SSSR count). The smallest absolute Gasteiger partial charge is 0.165 e. The zero-order valence-corrected chi connectivity index (χ0v) is 8.29.